The van der Waals surface area contributed by atoms with Crippen molar-refractivity contribution < 1.29 is 14.7 Å². The van der Waals surface area contributed by atoms with Gasteiger partial charge in [0.2, 0.25) is 5.91 Å². The van der Waals surface area contributed by atoms with E-state index in [2.05, 4.69) is 19.8 Å². The highest BCUT2D eigenvalue weighted by Gasteiger charge is 2.51. The van der Waals surface area contributed by atoms with Crippen LogP contribution in [0.1, 0.15) is 25.7 Å². The molecule has 1 atom stereocenters. The minimum Gasteiger partial charge on any atom is -0.481 e. The Morgan fingerprint density at radius 3 is 2.82 bits per heavy atom. The molecule has 7 nitrogen and oxygen atoms in total. The lowest BCUT2D eigenvalue weighted by atomic mass is 9.77. The number of carbonyl (C=O) groups excluding carboxylic acids is 1. The molecule has 2 aliphatic rings. The molecule has 2 N–H and O–H groups in total. The Morgan fingerprint density at radius 1 is 1.41 bits per heavy atom. The summed E-state index contributed by atoms with van der Waals surface area (Å²) in [5.41, 5.74) is -0.524. The number of rotatable bonds is 5. The van der Waals surface area contributed by atoms with E-state index in [4.69, 9.17) is 0 Å². The van der Waals surface area contributed by atoms with Crippen LogP contribution < -0.4 is 5.32 Å². The van der Waals surface area contributed by atoms with E-state index < -0.39 is 17.4 Å². The van der Waals surface area contributed by atoms with Gasteiger partial charge in [0.05, 0.1) is 17.8 Å². The van der Waals surface area contributed by atoms with E-state index in [0.717, 1.165) is 45.4 Å². The molecule has 3 heterocycles. The van der Waals surface area contributed by atoms with E-state index in [1.54, 1.807) is 6.20 Å². The van der Waals surface area contributed by atoms with Gasteiger partial charge >= 0.3 is 5.97 Å². The Kier molecular flexibility index (Phi) is 4.15. The van der Waals surface area contributed by atoms with E-state index in [1.807, 2.05) is 12.5 Å². The first kappa shape index (κ1) is 15.0. The summed E-state index contributed by atoms with van der Waals surface area (Å²) in [4.78, 5) is 29.4. The number of carboxylic acid groups (broad SMARTS) is 1. The highest BCUT2D eigenvalue weighted by Crippen LogP contribution is 2.36. The Labute approximate surface area is 129 Å². The Hall–Kier alpha value is -1.89. The Bertz CT molecular complexity index is 535. The summed E-state index contributed by atoms with van der Waals surface area (Å²) in [5, 5.41) is 12.3. The van der Waals surface area contributed by atoms with Gasteiger partial charge in [0, 0.05) is 38.4 Å². The second kappa shape index (κ2) is 6.08. The smallest absolute Gasteiger partial charge is 0.309 e. The zero-order valence-electron chi connectivity index (χ0n) is 12.6. The first-order valence-corrected chi connectivity index (χ1v) is 7.81. The third kappa shape index (κ3) is 2.99. The van der Waals surface area contributed by atoms with Crippen molar-refractivity contribution in [3.8, 4) is 0 Å². The van der Waals surface area contributed by atoms with E-state index in [1.165, 1.54) is 0 Å². The van der Waals surface area contributed by atoms with Crippen LogP contribution in [0.5, 0.6) is 0 Å². The van der Waals surface area contributed by atoms with Crippen molar-refractivity contribution in [1.82, 2.24) is 19.8 Å². The SMILES string of the molecule is O=C1CC(C(=O)O)C2(CCN(CCCn3ccnc3)CC2)N1. The number of amides is 1. The maximum atomic E-state index is 11.6. The largest absolute Gasteiger partial charge is 0.481 e. The maximum absolute atomic E-state index is 11.6. The quantitative estimate of drug-likeness (QED) is 0.818. The van der Waals surface area contributed by atoms with Crippen LogP contribution in [0, 0.1) is 5.92 Å². The maximum Gasteiger partial charge on any atom is 0.309 e. The minimum atomic E-state index is -0.855. The standard InChI is InChI=1S/C15H22N4O3/c20-13-10-12(14(21)22)15(17-13)2-7-18(8-3-15)5-1-6-19-9-4-16-11-19/h4,9,11-12H,1-3,5-8,10H2,(H,17,20)(H,21,22). The third-order valence-electron chi connectivity index (χ3n) is 4.94. The molecular formula is C15H22N4O3. The summed E-state index contributed by atoms with van der Waals surface area (Å²) in [5.74, 6) is -1.55. The minimum absolute atomic E-state index is 0.121. The first-order chi connectivity index (χ1) is 10.6. The van der Waals surface area contributed by atoms with Crippen molar-refractivity contribution in [3.63, 3.8) is 0 Å². The van der Waals surface area contributed by atoms with Gasteiger partial charge in [0.1, 0.15) is 0 Å². The average Bonchev–Trinajstić information content (AvgIpc) is 3.10. The number of aliphatic carboxylic acids is 1. The van der Waals surface area contributed by atoms with Crippen LogP contribution in [-0.2, 0) is 16.1 Å². The predicted octanol–water partition coefficient (Wildman–Crippen LogP) is 0.328. The predicted molar refractivity (Wildman–Crippen MR) is 79.1 cm³/mol. The zero-order valence-corrected chi connectivity index (χ0v) is 12.6. The number of hydrogen-bond donors (Lipinski definition) is 2. The molecule has 0 bridgehead atoms. The van der Waals surface area contributed by atoms with Crippen molar-refractivity contribution in [3.05, 3.63) is 18.7 Å². The molecule has 1 aromatic rings. The molecular weight excluding hydrogens is 284 g/mol. The lowest BCUT2D eigenvalue weighted by molar-refractivity contribution is -0.144. The molecule has 0 radical (unpaired) electrons. The number of piperidine rings is 1. The average molecular weight is 306 g/mol. The number of nitrogens with zero attached hydrogens (tertiary/aromatic N) is 3. The third-order valence-corrected chi connectivity index (χ3v) is 4.94. The fourth-order valence-electron chi connectivity index (χ4n) is 3.67. The second-order valence-electron chi connectivity index (χ2n) is 6.29. The summed E-state index contributed by atoms with van der Waals surface area (Å²) in [6.07, 6.45) is 8.16. The van der Waals surface area contributed by atoms with Crippen LogP contribution in [0.3, 0.4) is 0 Å². The molecule has 0 aliphatic carbocycles. The molecule has 1 unspecified atom stereocenters. The number of likely N-dealkylation sites (tertiary alicyclic amines) is 1. The molecule has 0 aromatic carbocycles. The van der Waals surface area contributed by atoms with E-state index in [9.17, 15) is 14.7 Å². The van der Waals surface area contributed by atoms with Crippen LogP contribution in [0.2, 0.25) is 0 Å². The molecule has 2 saturated heterocycles. The van der Waals surface area contributed by atoms with Crippen molar-refractivity contribution in [2.45, 2.75) is 37.8 Å². The molecule has 0 saturated carbocycles. The summed E-state index contributed by atoms with van der Waals surface area (Å²) >= 11 is 0. The van der Waals surface area contributed by atoms with Gasteiger partial charge in [-0.15, -0.1) is 0 Å². The molecule has 1 aromatic heterocycles. The van der Waals surface area contributed by atoms with Gasteiger partial charge in [-0.05, 0) is 25.8 Å². The normalized spacial score (nSPS) is 24.5. The summed E-state index contributed by atoms with van der Waals surface area (Å²) < 4.78 is 2.06. The second-order valence-corrected chi connectivity index (χ2v) is 6.29. The fourth-order valence-corrected chi connectivity index (χ4v) is 3.67. The number of aromatic nitrogens is 2. The van der Waals surface area contributed by atoms with Gasteiger partial charge in [0.25, 0.3) is 0 Å². The molecule has 1 spiro atoms. The number of hydrogen-bond acceptors (Lipinski definition) is 4. The van der Waals surface area contributed by atoms with Crippen LogP contribution in [0.15, 0.2) is 18.7 Å². The van der Waals surface area contributed by atoms with E-state index >= 15 is 0 Å². The highest BCUT2D eigenvalue weighted by molar-refractivity contribution is 5.88. The van der Waals surface area contributed by atoms with E-state index in [0.29, 0.717) is 0 Å². The first-order valence-electron chi connectivity index (χ1n) is 7.81. The lowest BCUT2D eigenvalue weighted by Crippen LogP contribution is -2.55. The number of imidazole rings is 1. The van der Waals surface area contributed by atoms with Crippen molar-refractivity contribution in [2.24, 2.45) is 5.92 Å². The Balaban J connectivity index is 1.49. The molecule has 2 aliphatic heterocycles. The van der Waals surface area contributed by atoms with Gasteiger partial charge in [-0.2, -0.15) is 0 Å². The molecule has 2 fully saturated rings. The highest BCUT2D eigenvalue weighted by atomic mass is 16.4. The molecule has 3 rings (SSSR count). The van der Waals surface area contributed by atoms with Gasteiger partial charge < -0.3 is 19.9 Å². The van der Waals surface area contributed by atoms with Gasteiger partial charge in [-0.3, -0.25) is 9.59 Å². The number of carboxylic acids is 1. The summed E-state index contributed by atoms with van der Waals surface area (Å²) in [7, 11) is 0. The van der Waals surface area contributed by atoms with Gasteiger partial charge in [-0.1, -0.05) is 0 Å². The molecule has 22 heavy (non-hydrogen) atoms. The van der Waals surface area contributed by atoms with Crippen LogP contribution in [0.25, 0.3) is 0 Å². The van der Waals surface area contributed by atoms with Crippen LogP contribution in [0.4, 0.5) is 0 Å². The lowest BCUT2D eigenvalue weighted by Gasteiger charge is -2.41. The van der Waals surface area contributed by atoms with E-state index in [-0.39, 0.29) is 12.3 Å². The van der Waals surface area contributed by atoms with Gasteiger partial charge in [0.15, 0.2) is 0 Å². The van der Waals surface area contributed by atoms with Gasteiger partial charge in [-0.25, -0.2) is 4.98 Å². The van der Waals surface area contributed by atoms with Crippen molar-refractivity contribution in [1.29, 1.82) is 0 Å². The van der Waals surface area contributed by atoms with Crippen LogP contribution in [-0.4, -0.2) is 56.6 Å². The topological polar surface area (TPSA) is 87.5 Å². The molecule has 1 amide bonds. The molecule has 120 valence electrons. The monoisotopic (exact) mass is 306 g/mol. The van der Waals surface area contributed by atoms with Crippen molar-refractivity contribution in [2.75, 3.05) is 19.6 Å². The number of nitrogens with one attached hydrogen (secondary N) is 1. The fraction of sp³-hybridized carbons (Fsp3) is 0.667. The molecule has 7 heteroatoms. The van der Waals surface area contributed by atoms with Crippen molar-refractivity contribution >= 4 is 11.9 Å². The van der Waals surface area contributed by atoms with Crippen LogP contribution >= 0.6 is 0 Å². The zero-order chi connectivity index (χ0) is 15.6. The summed E-state index contributed by atoms with van der Waals surface area (Å²) in [6.45, 7) is 3.61. The number of carbonyl (C=O) groups is 2. The Morgan fingerprint density at radius 2 is 2.18 bits per heavy atom. The number of aryl methyl sites for hydroxylation is 1. The summed E-state index contributed by atoms with van der Waals surface area (Å²) in [6, 6.07) is 0.